The normalized spacial score (nSPS) is 20.9. The van der Waals surface area contributed by atoms with Crippen molar-refractivity contribution in [3.63, 3.8) is 0 Å². The molecule has 1 aliphatic rings. The van der Waals surface area contributed by atoms with Crippen LogP contribution in [0.4, 0.5) is 4.39 Å². The molecule has 0 aromatic heterocycles. The van der Waals surface area contributed by atoms with Crippen molar-refractivity contribution in [2.45, 2.75) is 25.2 Å². The molecule has 0 saturated carbocycles. The van der Waals surface area contributed by atoms with Gasteiger partial charge in [-0.1, -0.05) is 6.92 Å². The monoisotopic (exact) mass is 357 g/mol. The van der Waals surface area contributed by atoms with E-state index in [0.717, 1.165) is 18.2 Å². The number of rotatable bonds is 4. The molecule has 1 aromatic rings. The van der Waals surface area contributed by atoms with Crippen LogP contribution in [0, 0.1) is 11.2 Å². The van der Waals surface area contributed by atoms with Crippen LogP contribution in [0.25, 0.3) is 0 Å². The Hall–Kier alpha value is -1.96. The third-order valence-corrected chi connectivity index (χ3v) is 6.08. The number of carbonyl (C=O) groups is 2. The number of likely N-dealkylation sites (tertiary alicyclic amines) is 1. The van der Waals surface area contributed by atoms with Crippen molar-refractivity contribution in [2.75, 3.05) is 26.0 Å². The SMILES string of the molecule is CCS(=O)(=O)c1ccc(F)c(C(=O)N2CC[C@](C)(C(=O)OC)C2)c1. The molecule has 1 heterocycles. The summed E-state index contributed by atoms with van der Waals surface area (Å²) in [6, 6.07) is 3.18. The van der Waals surface area contributed by atoms with Gasteiger partial charge < -0.3 is 9.64 Å². The number of hydrogen-bond acceptors (Lipinski definition) is 5. The van der Waals surface area contributed by atoms with Gasteiger partial charge in [0.15, 0.2) is 9.84 Å². The second-order valence-corrected chi connectivity index (χ2v) is 8.35. The molecule has 1 aliphatic heterocycles. The molecule has 1 saturated heterocycles. The number of nitrogens with zero attached hydrogens (tertiary/aromatic N) is 1. The highest BCUT2D eigenvalue weighted by atomic mass is 32.2. The van der Waals surface area contributed by atoms with Crippen LogP contribution < -0.4 is 0 Å². The number of halogens is 1. The highest BCUT2D eigenvalue weighted by Crippen LogP contribution is 2.32. The second kappa shape index (κ2) is 6.51. The van der Waals surface area contributed by atoms with Gasteiger partial charge in [0, 0.05) is 13.1 Å². The van der Waals surface area contributed by atoms with E-state index < -0.39 is 32.9 Å². The van der Waals surface area contributed by atoms with E-state index in [1.807, 2.05) is 0 Å². The van der Waals surface area contributed by atoms with E-state index in [0.29, 0.717) is 6.42 Å². The van der Waals surface area contributed by atoms with Crippen LogP contribution in [0.15, 0.2) is 23.1 Å². The van der Waals surface area contributed by atoms with E-state index in [-0.39, 0.29) is 29.3 Å². The average molecular weight is 357 g/mol. The first kappa shape index (κ1) is 18.4. The Bertz CT molecular complexity index is 777. The van der Waals surface area contributed by atoms with E-state index in [4.69, 9.17) is 4.74 Å². The minimum atomic E-state index is -3.55. The first-order chi connectivity index (χ1) is 11.1. The summed E-state index contributed by atoms with van der Waals surface area (Å²) in [4.78, 5) is 25.6. The molecule has 0 aliphatic carbocycles. The van der Waals surface area contributed by atoms with Crippen LogP contribution in [0.5, 0.6) is 0 Å². The van der Waals surface area contributed by atoms with E-state index in [2.05, 4.69) is 0 Å². The molecular weight excluding hydrogens is 337 g/mol. The predicted octanol–water partition coefficient (Wildman–Crippen LogP) is 1.64. The van der Waals surface area contributed by atoms with E-state index >= 15 is 0 Å². The standard InChI is InChI=1S/C16H20FNO5S/c1-4-24(21,22)11-5-6-13(17)12(9-11)14(19)18-8-7-16(2,10-18)15(20)23-3/h5-6,9H,4,7-8,10H2,1-3H3/t16-/m0/s1. The van der Waals surface area contributed by atoms with Gasteiger partial charge in [-0.15, -0.1) is 0 Å². The maximum atomic E-state index is 14.0. The van der Waals surface area contributed by atoms with Crippen molar-refractivity contribution in [1.29, 1.82) is 0 Å². The Balaban J connectivity index is 2.31. The number of benzene rings is 1. The number of esters is 1. The van der Waals surface area contributed by atoms with Crippen molar-refractivity contribution < 1.29 is 27.1 Å². The molecule has 0 spiro atoms. The number of ether oxygens (including phenoxy) is 1. The van der Waals surface area contributed by atoms with Crippen LogP contribution in [0.3, 0.4) is 0 Å². The lowest BCUT2D eigenvalue weighted by atomic mass is 9.90. The van der Waals surface area contributed by atoms with Crippen molar-refractivity contribution in [3.05, 3.63) is 29.6 Å². The maximum Gasteiger partial charge on any atom is 0.313 e. The Morgan fingerprint density at radius 3 is 2.62 bits per heavy atom. The Kier molecular flexibility index (Phi) is 4.98. The van der Waals surface area contributed by atoms with Gasteiger partial charge in [0.2, 0.25) is 0 Å². The average Bonchev–Trinajstić information content (AvgIpc) is 2.97. The first-order valence-electron chi connectivity index (χ1n) is 7.54. The Morgan fingerprint density at radius 1 is 1.38 bits per heavy atom. The van der Waals surface area contributed by atoms with Gasteiger partial charge in [-0.25, -0.2) is 12.8 Å². The van der Waals surface area contributed by atoms with Crippen LogP contribution in [0.1, 0.15) is 30.6 Å². The van der Waals surface area contributed by atoms with Crippen molar-refractivity contribution in [2.24, 2.45) is 5.41 Å². The lowest BCUT2D eigenvalue weighted by Gasteiger charge is -2.22. The third kappa shape index (κ3) is 3.28. The van der Waals surface area contributed by atoms with Crippen LogP contribution >= 0.6 is 0 Å². The van der Waals surface area contributed by atoms with E-state index in [1.165, 1.54) is 18.9 Å². The number of sulfone groups is 1. The van der Waals surface area contributed by atoms with Gasteiger partial charge in [-0.3, -0.25) is 9.59 Å². The minimum Gasteiger partial charge on any atom is -0.469 e. The van der Waals surface area contributed by atoms with E-state index in [1.54, 1.807) is 6.92 Å². The molecule has 1 aromatic carbocycles. The topological polar surface area (TPSA) is 80.8 Å². The molecule has 1 amide bonds. The highest BCUT2D eigenvalue weighted by molar-refractivity contribution is 7.91. The summed E-state index contributed by atoms with van der Waals surface area (Å²) in [6.07, 6.45) is 0.403. The van der Waals surface area contributed by atoms with Crippen molar-refractivity contribution in [3.8, 4) is 0 Å². The summed E-state index contributed by atoms with van der Waals surface area (Å²) >= 11 is 0. The maximum absolute atomic E-state index is 14.0. The summed E-state index contributed by atoms with van der Waals surface area (Å²) in [7, 11) is -2.27. The Morgan fingerprint density at radius 2 is 2.04 bits per heavy atom. The quantitative estimate of drug-likeness (QED) is 0.604. The molecule has 2 rings (SSSR count). The summed E-state index contributed by atoms with van der Waals surface area (Å²) in [5.41, 5.74) is -1.15. The van der Waals surface area contributed by atoms with Crippen LogP contribution in [-0.2, 0) is 19.4 Å². The number of carbonyl (C=O) groups excluding carboxylic acids is 2. The molecule has 132 valence electrons. The summed E-state index contributed by atoms with van der Waals surface area (Å²) < 4.78 is 42.7. The Labute approximate surface area is 140 Å². The molecule has 8 heteroatoms. The first-order valence-corrected chi connectivity index (χ1v) is 9.20. The summed E-state index contributed by atoms with van der Waals surface area (Å²) in [5.74, 6) is -1.99. The molecule has 1 fully saturated rings. The van der Waals surface area contributed by atoms with Gasteiger partial charge in [0.05, 0.1) is 28.7 Å². The number of amides is 1. The van der Waals surface area contributed by atoms with Crippen LogP contribution in [0.2, 0.25) is 0 Å². The van der Waals surface area contributed by atoms with Gasteiger partial charge >= 0.3 is 5.97 Å². The number of hydrogen-bond donors (Lipinski definition) is 0. The molecule has 6 nitrogen and oxygen atoms in total. The summed E-state index contributed by atoms with van der Waals surface area (Å²) in [6.45, 7) is 3.53. The molecule has 1 atom stereocenters. The minimum absolute atomic E-state index is 0.0929. The predicted molar refractivity (Wildman–Crippen MR) is 84.8 cm³/mol. The molecule has 0 radical (unpaired) electrons. The fourth-order valence-corrected chi connectivity index (χ4v) is 3.65. The lowest BCUT2D eigenvalue weighted by molar-refractivity contribution is -0.150. The zero-order chi connectivity index (χ0) is 18.1. The zero-order valence-corrected chi connectivity index (χ0v) is 14.7. The third-order valence-electron chi connectivity index (χ3n) is 4.35. The molecule has 0 N–H and O–H groups in total. The summed E-state index contributed by atoms with van der Waals surface area (Å²) in [5, 5.41) is 0. The van der Waals surface area contributed by atoms with E-state index in [9.17, 15) is 22.4 Å². The molecule has 0 bridgehead atoms. The molecule has 24 heavy (non-hydrogen) atoms. The van der Waals surface area contributed by atoms with Crippen molar-refractivity contribution >= 4 is 21.7 Å². The number of methoxy groups -OCH3 is 1. The van der Waals surface area contributed by atoms with Crippen molar-refractivity contribution in [1.82, 2.24) is 4.90 Å². The van der Waals surface area contributed by atoms with Gasteiger partial charge in [-0.2, -0.15) is 0 Å². The second-order valence-electron chi connectivity index (χ2n) is 6.07. The van der Waals surface area contributed by atoms with Gasteiger partial charge in [0.1, 0.15) is 5.82 Å². The highest BCUT2D eigenvalue weighted by Gasteiger charge is 2.43. The molecule has 0 unspecified atom stereocenters. The zero-order valence-electron chi connectivity index (χ0n) is 13.8. The van der Waals surface area contributed by atoms with Gasteiger partial charge in [0.25, 0.3) is 5.91 Å². The largest absolute Gasteiger partial charge is 0.469 e. The van der Waals surface area contributed by atoms with Crippen LogP contribution in [-0.4, -0.2) is 51.1 Å². The fourth-order valence-electron chi connectivity index (χ4n) is 2.75. The fraction of sp³-hybridized carbons (Fsp3) is 0.500. The smallest absolute Gasteiger partial charge is 0.313 e. The molecular formula is C16H20FNO5S. The lowest BCUT2D eigenvalue weighted by Crippen LogP contribution is -2.36. The van der Waals surface area contributed by atoms with Gasteiger partial charge in [-0.05, 0) is 31.5 Å².